The van der Waals surface area contributed by atoms with Crippen molar-refractivity contribution in [2.75, 3.05) is 20.7 Å². The van der Waals surface area contributed by atoms with Gasteiger partial charge in [0.1, 0.15) is 5.92 Å². The lowest BCUT2D eigenvalue weighted by molar-refractivity contribution is -0.141. The number of carbonyl (C=O) groups is 2. The van der Waals surface area contributed by atoms with Gasteiger partial charge in [-0.25, -0.2) is 0 Å². The summed E-state index contributed by atoms with van der Waals surface area (Å²) in [6.07, 6.45) is 1.50. The van der Waals surface area contributed by atoms with Crippen molar-refractivity contribution >= 4 is 11.9 Å². The third-order valence-electron chi connectivity index (χ3n) is 2.29. The number of rotatable bonds is 6. The fraction of sp³-hybridized carbons (Fsp3) is 0.727. The summed E-state index contributed by atoms with van der Waals surface area (Å²) in [6.45, 7) is 2.21. The highest BCUT2D eigenvalue weighted by Crippen LogP contribution is 2.08. The van der Waals surface area contributed by atoms with E-state index in [1.54, 1.807) is 7.05 Å². The Morgan fingerprint density at radius 3 is 2.56 bits per heavy atom. The molecule has 0 heterocycles. The van der Waals surface area contributed by atoms with Crippen molar-refractivity contribution < 1.29 is 14.3 Å². The summed E-state index contributed by atoms with van der Waals surface area (Å²) in [6, 6.07) is 1.98. The van der Waals surface area contributed by atoms with E-state index >= 15 is 0 Å². The maximum absolute atomic E-state index is 11.7. The zero-order valence-corrected chi connectivity index (χ0v) is 10.0. The van der Waals surface area contributed by atoms with E-state index in [4.69, 9.17) is 5.26 Å². The second-order valence-corrected chi connectivity index (χ2v) is 3.56. The van der Waals surface area contributed by atoms with Crippen molar-refractivity contribution in [1.82, 2.24) is 4.90 Å². The molecule has 1 atom stereocenters. The van der Waals surface area contributed by atoms with E-state index in [9.17, 15) is 9.59 Å². The molecule has 0 aromatic rings. The van der Waals surface area contributed by atoms with Gasteiger partial charge in [-0.2, -0.15) is 5.26 Å². The summed E-state index contributed by atoms with van der Waals surface area (Å²) in [5.41, 5.74) is 0. The van der Waals surface area contributed by atoms with Crippen LogP contribution in [0, 0.1) is 17.2 Å². The Kier molecular flexibility index (Phi) is 6.93. The molecule has 0 aliphatic carbocycles. The third kappa shape index (κ3) is 4.78. The van der Waals surface area contributed by atoms with E-state index in [2.05, 4.69) is 4.74 Å². The minimum Gasteiger partial charge on any atom is -0.469 e. The number of nitrogens with zero attached hydrogens (tertiary/aromatic N) is 2. The van der Waals surface area contributed by atoms with E-state index < -0.39 is 5.92 Å². The summed E-state index contributed by atoms with van der Waals surface area (Å²) >= 11 is 0. The van der Waals surface area contributed by atoms with Crippen LogP contribution in [-0.4, -0.2) is 37.5 Å². The average molecular weight is 226 g/mol. The van der Waals surface area contributed by atoms with Crippen molar-refractivity contribution in [2.45, 2.75) is 26.2 Å². The lowest BCUT2D eigenvalue weighted by Crippen LogP contribution is -2.34. The van der Waals surface area contributed by atoms with Gasteiger partial charge in [-0.15, -0.1) is 0 Å². The zero-order valence-electron chi connectivity index (χ0n) is 10.0. The Morgan fingerprint density at radius 1 is 1.50 bits per heavy atom. The number of nitriles is 1. The minimum atomic E-state index is -0.604. The molecule has 0 aliphatic heterocycles. The van der Waals surface area contributed by atoms with Gasteiger partial charge in [-0.1, -0.05) is 13.3 Å². The molecule has 0 aromatic heterocycles. The molecule has 0 fully saturated rings. The molecule has 5 heteroatoms. The Bertz CT molecular complexity index is 283. The van der Waals surface area contributed by atoms with Crippen LogP contribution in [0.25, 0.3) is 0 Å². The van der Waals surface area contributed by atoms with Crippen molar-refractivity contribution in [3.63, 3.8) is 0 Å². The number of hydrogen-bond acceptors (Lipinski definition) is 4. The fourth-order valence-electron chi connectivity index (χ4n) is 1.27. The fourth-order valence-corrected chi connectivity index (χ4v) is 1.27. The second kappa shape index (κ2) is 7.69. The topological polar surface area (TPSA) is 70.4 Å². The predicted octanol–water partition coefficient (Wildman–Crippen LogP) is 0.948. The first-order chi connectivity index (χ1) is 7.56. The molecule has 5 nitrogen and oxygen atoms in total. The number of amides is 1. The third-order valence-corrected chi connectivity index (χ3v) is 2.29. The number of carbonyl (C=O) groups excluding carboxylic acids is 2. The van der Waals surface area contributed by atoms with E-state index in [0.29, 0.717) is 6.42 Å². The Hall–Kier alpha value is -1.57. The molecule has 0 aromatic carbocycles. The number of ether oxygens (including phenoxy) is 1. The first kappa shape index (κ1) is 14.4. The molecule has 0 saturated heterocycles. The van der Waals surface area contributed by atoms with Gasteiger partial charge in [0, 0.05) is 13.6 Å². The van der Waals surface area contributed by atoms with Gasteiger partial charge in [0.2, 0.25) is 5.91 Å². The molecule has 1 amide bonds. The van der Waals surface area contributed by atoms with Crippen LogP contribution in [0.1, 0.15) is 26.2 Å². The van der Waals surface area contributed by atoms with E-state index in [1.807, 2.05) is 13.0 Å². The Labute approximate surface area is 96.0 Å². The first-order valence-corrected chi connectivity index (χ1v) is 5.28. The van der Waals surface area contributed by atoms with Crippen LogP contribution in [0.3, 0.4) is 0 Å². The predicted molar refractivity (Wildman–Crippen MR) is 58.3 cm³/mol. The summed E-state index contributed by atoms with van der Waals surface area (Å²) in [4.78, 5) is 24.0. The van der Waals surface area contributed by atoms with Crippen molar-refractivity contribution in [1.29, 1.82) is 5.26 Å². The average Bonchev–Trinajstić information content (AvgIpc) is 2.31. The maximum Gasteiger partial charge on any atom is 0.307 e. The van der Waals surface area contributed by atoms with Crippen LogP contribution in [0.15, 0.2) is 0 Å². The highest BCUT2D eigenvalue weighted by molar-refractivity contribution is 5.81. The molecule has 1 unspecified atom stereocenters. The van der Waals surface area contributed by atoms with Crippen molar-refractivity contribution in [3.8, 4) is 6.07 Å². The second-order valence-electron chi connectivity index (χ2n) is 3.56. The molecular weight excluding hydrogens is 208 g/mol. The first-order valence-electron chi connectivity index (χ1n) is 5.28. The van der Waals surface area contributed by atoms with Crippen molar-refractivity contribution in [3.05, 3.63) is 0 Å². The number of methoxy groups -OCH3 is 1. The summed E-state index contributed by atoms with van der Waals surface area (Å²) < 4.78 is 4.47. The summed E-state index contributed by atoms with van der Waals surface area (Å²) in [5, 5.41) is 8.81. The van der Waals surface area contributed by atoms with Crippen LogP contribution in [0.4, 0.5) is 0 Å². The van der Waals surface area contributed by atoms with Gasteiger partial charge in [0.15, 0.2) is 0 Å². The Balaban J connectivity index is 4.16. The van der Waals surface area contributed by atoms with Gasteiger partial charge in [-0.05, 0) is 6.42 Å². The van der Waals surface area contributed by atoms with E-state index in [-0.39, 0.29) is 24.8 Å². The lowest BCUT2D eigenvalue weighted by atomic mass is 10.0. The van der Waals surface area contributed by atoms with Gasteiger partial charge in [0.25, 0.3) is 0 Å². The molecule has 16 heavy (non-hydrogen) atoms. The standard InChI is InChI=1S/C11H18N2O3/c1-4-5-9(8-12)11(15)13(2)7-6-10(14)16-3/h9H,4-7H2,1-3H3. The molecule has 0 aliphatic rings. The SMILES string of the molecule is CCCC(C#N)C(=O)N(C)CCC(=O)OC. The Morgan fingerprint density at radius 2 is 2.12 bits per heavy atom. The van der Waals surface area contributed by atoms with Crippen LogP contribution >= 0.6 is 0 Å². The van der Waals surface area contributed by atoms with Crippen molar-refractivity contribution in [2.24, 2.45) is 5.92 Å². The molecule has 0 bridgehead atoms. The van der Waals surface area contributed by atoms with Crippen LogP contribution < -0.4 is 0 Å². The molecule has 90 valence electrons. The number of hydrogen-bond donors (Lipinski definition) is 0. The summed E-state index contributed by atoms with van der Waals surface area (Å²) in [7, 11) is 2.89. The smallest absolute Gasteiger partial charge is 0.307 e. The molecular formula is C11H18N2O3. The minimum absolute atomic E-state index is 0.156. The zero-order chi connectivity index (χ0) is 12.6. The van der Waals surface area contributed by atoms with Crippen LogP contribution in [-0.2, 0) is 14.3 Å². The molecule has 0 rings (SSSR count). The monoisotopic (exact) mass is 226 g/mol. The largest absolute Gasteiger partial charge is 0.469 e. The maximum atomic E-state index is 11.7. The number of esters is 1. The highest BCUT2D eigenvalue weighted by Gasteiger charge is 2.21. The molecule has 0 radical (unpaired) electrons. The van der Waals surface area contributed by atoms with E-state index in [1.165, 1.54) is 12.0 Å². The van der Waals surface area contributed by atoms with Gasteiger partial charge in [0.05, 0.1) is 19.6 Å². The quantitative estimate of drug-likeness (QED) is 0.632. The van der Waals surface area contributed by atoms with Gasteiger partial charge in [-0.3, -0.25) is 9.59 Å². The molecule has 0 N–H and O–H groups in total. The van der Waals surface area contributed by atoms with Gasteiger partial charge >= 0.3 is 5.97 Å². The lowest BCUT2D eigenvalue weighted by Gasteiger charge is -2.19. The summed E-state index contributed by atoms with van der Waals surface area (Å²) in [5.74, 6) is -1.19. The normalized spacial score (nSPS) is 11.4. The van der Waals surface area contributed by atoms with Gasteiger partial charge < -0.3 is 9.64 Å². The molecule has 0 saturated carbocycles. The highest BCUT2D eigenvalue weighted by atomic mass is 16.5. The van der Waals surface area contributed by atoms with Crippen LogP contribution in [0.2, 0.25) is 0 Å². The van der Waals surface area contributed by atoms with E-state index in [0.717, 1.165) is 6.42 Å². The van der Waals surface area contributed by atoms with Crippen LogP contribution in [0.5, 0.6) is 0 Å². The molecule has 0 spiro atoms.